The maximum atomic E-state index is 8.49. The minimum Gasteiger partial charge on any atom is -0.330 e. The first-order chi connectivity index (χ1) is 16.5. The van der Waals surface area contributed by atoms with Gasteiger partial charge >= 0.3 is 17.1 Å². The minimum absolute atomic E-state index is 0. The second kappa shape index (κ2) is 17.1. The molecule has 1 aliphatic rings. The van der Waals surface area contributed by atoms with E-state index in [0.717, 1.165) is 70.2 Å². The van der Waals surface area contributed by atoms with Crippen LogP contribution in [0, 0.1) is 20.5 Å². The Bertz CT molecular complexity index is 864. The van der Waals surface area contributed by atoms with Crippen molar-refractivity contribution >= 4 is 11.0 Å². The normalized spacial score (nSPS) is 16.6. The second-order valence-electron chi connectivity index (χ2n) is 8.52. The van der Waals surface area contributed by atoms with Gasteiger partial charge in [0.1, 0.15) is 5.82 Å². The zero-order valence-corrected chi connectivity index (χ0v) is 23.6. The molecule has 217 valence electrons. The van der Waals surface area contributed by atoms with Crippen molar-refractivity contribution < 1.29 is 74.8 Å². The standard InChI is InChI=1S/C20H34N6.2ClHO4.Cu/c1-22-9-10-23(2)12-15-26(14-11-22)16-13-24(3)17-20-21-18-7-5-6-8-19(18)25(20)4;2*2-1(3,4)5;/h5-8H,9-17H2,1-4H3;2*(H,2,3,4,5);/q;;;+2/p-2. The van der Waals surface area contributed by atoms with E-state index in [-0.39, 0.29) is 17.1 Å². The summed E-state index contributed by atoms with van der Waals surface area (Å²) in [5.74, 6) is 1.14. The van der Waals surface area contributed by atoms with Crippen LogP contribution in [-0.4, -0.2) is 103 Å². The third kappa shape index (κ3) is 18.3. The summed E-state index contributed by atoms with van der Waals surface area (Å²) in [5.41, 5.74) is 2.30. The number of aryl methyl sites for hydroxylation is 1. The summed E-state index contributed by atoms with van der Waals surface area (Å²) in [6, 6.07) is 8.37. The number of aromatic nitrogens is 2. The zero-order chi connectivity index (χ0) is 27.5. The van der Waals surface area contributed by atoms with Crippen LogP contribution in [0.4, 0.5) is 0 Å². The van der Waals surface area contributed by atoms with Gasteiger partial charge in [0.25, 0.3) is 0 Å². The first kappa shape index (κ1) is 36.3. The number of nitrogens with zero attached hydrogens (tertiary/aromatic N) is 6. The van der Waals surface area contributed by atoms with Gasteiger partial charge < -0.3 is 14.4 Å². The number of likely N-dealkylation sites (N-methyl/N-ethyl adjacent to an activating group) is 3. The van der Waals surface area contributed by atoms with E-state index in [4.69, 9.17) is 42.3 Å². The molecule has 0 saturated carbocycles. The van der Waals surface area contributed by atoms with Gasteiger partial charge in [-0.15, -0.1) is 20.5 Å². The molecule has 1 aliphatic heterocycles. The SMILES string of the molecule is CN1CCN(C)CCN(CCN(C)Cc2nc3ccccc3n2C)CC1.[Cu+2].[O-][Cl+3]([O-])([O-])[O-].[O-][Cl+3]([O-])([O-])[O-]. The maximum Gasteiger partial charge on any atom is 2.00 e. The number of fused-ring (bicyclic) bond motifs is 1. The Morgan fingerprint density at radius 3 is 1.68 bits per heavy atom. The summed E-state index contributed by atoms with van der Waals surface area (Å²) in [4.78, 5) is 14.7. The van der Waals surface area contributed by atoms with E-state index in [1.165, 1.54) is 5.52 Å². The van der Waals surface area contributed by atoms with Crippen molar-refractivity contribution in [3.05, 3.63) is 30.1 Å². The first-order valence-electron chi connectivity index (χ1n) is 10.9. The third-order valence-electron chi connectivity index (χ3n) is 5.55. The summed E-state index contributed by atoms with van der Waals surface area (Å²) < 4.78 is 70.2. The number of halogens is 2. The predicted molar refractivity (Wildman–Crippen MR) is 108 cm³/mol. The van der Waals surface area contributed by atoms with Crippen molar-refractivity contribution in [2.45, 2.75) is 6.54 Å². The van der Waals surface area contributed by atoms with Crippen LogP contribution in [0.5, 0.6) is 0 Å². The van der Waals surface area contributed by atoms with Gasteiger partial charge in [-0.2, -0.15) is 0 Å². The quantitative estimate of drug-likeness (QED) is 0.284. The Balaban J connectivity index is 0.00000101. The second-order valence-corrected chi connectivity index (χ2v) is 10.0. The van der Waals surface area contributed by atoms with Crippen molar-refractivity contribution in [2.24, 2.45) is 7.05 Å². The summed E-state index contributed by atoms with van der Waals surface area (Å²) in [7, 11) is -1.11. The molecule has 2 aromatic rings. The molecule has 1 radical (unpaired) electrons. The number of hydrogen-bond donors (Lipinski definition) is 0. The van der Waals surface area contributed by atoms with Crippen LogP contribution in [0.2, 0.25) is 0 Å². The summed E-state index contributed by atoms with van der Waals surface area (Å²) >= 11 is 0. The number of para-hydroxylation sites is 2. The van der Waals surface area contributed by atoms with E-state index in [2.05, 4.69) is 76.6 Å². The van der Waals surface area contributed by atoms with Crippen LogP contribution in [-0.2, 0) is 30.7 Å². The van der Waals surface area contributed by atoms with Crippen LogP contribution < -0.4 is 37.3 Å². The van der Waals surface area contributed by atoms with Crippen molar-refractivity contribution in [1.82, 2.24) is 29.2 Å². The first-order valence-corrected chi connectivity index (χ1v) is 13.4. The molecule has 0 spiro atoms. The Hall–Kier alpha value is -0.691. The Labute approximate surface area is 231 Å². The molecule has 17 heteroatoms. The molecule has 0 atom stereocenters. The molecule has 37 heavy (non-hydrogen) atoms. The van der Waals surface area contributed by atoms with Crippen LogP contribution in [0.15, 0.2) is 24.3 Å². The molecular formula is C20H34Cl2CuN6O8. The van der Waals surface area contributed by atoms with Gasteiger partial charge in [0.05, 0.1) is 17.6 Å². The minimum atomic E-state index is -4.94. The fourth-order valence-corrected chi connectivity index (χ4v) is 3.49. The topological polar surface area (TPSA) is 215 Å². The molecule has 1 saturated heterocycles. The van der Waals surface area contributed by atoms with Crippen molar-refractivity contribution in [2.75, 3.05) is 73.5 Å². The van der Waals surface area contributed by atoms with E-state index < -0.39 is 20.5 Å². The van der Waals surface area contributed by atoms with Gasteiger partial charge in [-0.25, -0.2) is 42.3 Å². The predicted octanol–water partition coefficient (Wildman–Crippen LogP) is -8.33. The summed E-state index contributed by atoms with van der Waals surface area (Å²) in [5, 5.41) is 0. The smallest absolute Gasteiger partial charge is 0.330 e. The largest absolute Gasteiger partial charge is 2.00 e. The van der Waals surface area contributed by atoms with Gasteiger partial charge in [-0.1, -0.05) is 12.1 Å². The van der Waals surface area contributed by atoms with E-state index in [1.54, 1.807) is 0 Å². The molecule has 14 nitrogen and oxygen atoms in total. The molecule has 0 bridgehead atoms. The van der Waals surface area contributed by atoms with Crippen molar-refractivity contribution in [3.63, 3.8) is 0 Å². The molecule has 3 rings (SSSR count). The Morgan fingerprint density at radius 2 is 1.22 bits per heavy atom. The molecule has 1 aromatic heterocycles. The van der Waals surface area contributed by atoms with E-state index in [0.29, 0.717) is 0 Å². The van der Waals surface area contributed by atoms with E-state index in [9.17, 15) is 0 Å². The average molecular weight is 621 g/mol. The van der Waals surface area contributed by atoms with Crippen LogP contribution in [0.3, 0.4) is 0 Å². The molecule has 0 amide bonds. The molecule has 1 aromatic carbocycles. The maximum absolute atomic E-state index is 8.49. The van der Waals surface area contributed by atoms with Gasteiger partial charge in [-0.3, -0.25) is 9.80 Å². The zero-order valence-electron chi connectivity index (χ0n) is 21.2. The molecule has 0 unspecified atom stereocenters. The molecule has 0 N–H and O–H groups in total. The van der Waals surface area contributed by atoms with Crippen LogP contribution >= 0.6 is 0 Å². The van der Waals surface area contributed by atoms with Gasteiger partial charge in [0.15, 0.2) is 0 Å². The Morgan fingerprint density at radius 1 is 0.784 bits per heavy atom. The third-order valence-corrected chi connectivity index (χ3v) is 5.55. The monoisotopic (exact) mass is 619 g/mol. The van der Waals surface area contributed by atoms with Gasteiger partial charge in [0, 0.05) is 59.4 Å². The fourth-order valence-electron chi connectivity index (χ4n) is 3.49. The van der Waals surface area contributed by atoms with Gasteiger partial charge in [-0.05, 0) is 33.3 Å². The van der Waals surface area contributed by atoms with Crippen LogP contribution in [0.1, 0.15) is 5.82 Å². The Kier molecular flexibility index (Phi) is 16.8. The molecular weight excluding hydrogens is 587 g/mol. The number of benzene rings is 1. The van der Waals surface area contributed by atoms with Crippen LogP contribution in [0.25, 0.3) is 11.0 Å². The van der Waals surface area contributed by atoms with E-state index >= 15 is 0 Å². The molecule has 2 heterocycles. The molecule has 0 aliphatic carbocycles. The summed E-state index contributed by atoms with van der Waals surface area (Å²) in [6.45, 7) is 10.0. The average Bonchev–Trinajstić information content (AvgIpc) is 3.07. The van der Waals surface area contributed by atoms with Gasteiger partial charge in [0.2, 0.25) is 0 Å². The molecule has 1 fully saturated rings. The van der Waals surface area contributed by atoms with Crippen molar-refractivity contribution in [3.8, 4) is 0 Å². The van der Waals surface area contributed by atoms with Crippen molar-refractivity contribution in [1.29, 1.82) is 0 Å². The summed E-state index contributed by atoms with van der Waals surface area (Å²) in [6.07, 6.45) is 0. The van der Waals surface area contributed by atoms with E-state index in [1.807, 2.05) is 0 Å². The number of rotatable bonds is 5. The number of hydrogen-bond acceptors (Lipinski definition) is 13. The fraction of sp³-hybridized carbons (Fsp3) is 0.650. The number of imidazole rings is 1.